The summed E-state index contributed by atoms with van der Waals surface area (Å²) in [5.41, 5.74) is 2.73. The molecule has 0 atom stereocenters. The summed E-state index contributed by atoms with van der Waals surface area (Å²) in [6.07, 6.45) is 1.90. The van der Waals surface area contributed by atoms with E-state index in [9.17, 15) is 5.11 Å². The normalized spacial score (nSPS) is 17.0. The molecular weight excluding hydrogens is 288 g/mol. The number of benzene rings is 1. The average Bonchev–Trinajstić information content (AvgIpc) is 2.44. The predicted molar refractivity (Wildman–Crippen MR) is 95.5 cm³/mol. The zero-order valence-electron chi connectivity index (χ0n) is 15.3. The third kappa shape index (κ3) is 4.47. The number of morpholine rings is 1. The maximum atomic E-state index is 10.7. The van der Waals surface area contributed by atoms with Crippen molar-refractivity contribution in [2.45, 2.75) is 52.4 Å². The van der Waals surface area contributed by atoms with E-state index in [4.69, 9.17) is 4.74 Å². The fourth-order valence-electron chi connectivity index (χ4n) is 2.69. The molecule has 0 spiro atoms. The molecule has 0 unspecified atom stereocenters. The first-order valence-electron chi connectivity index (χ1n) is 8.33. The van der Waals surface area contributed by atoms with E-state index < -0.39 is 0 Å². The summed E-state index contributed by atoms with van der Waals surface area (Å²) in [6, 6.07) is 4.10. The molecule has 0 radical (unpaired) electrons. The van der Waals surface area contributed by atoms with Crippen molar-refractivity contribution in [2.75, 3.05) is 26.3 Å². The molecule has 2 rings (SSSR count). The molecule has 1 aromatic rings. The lowest BCUT2D eigenvalue weighted by atomic mass is 9.78. The number of hydrogen-bond acceptors (Lipinski definition) is 4. The molecule has 0 amide bonds. The Kier molecular flexibility index (Phi) is 5.04. The van der Waals surface area contributed by atoms with Gasteiger partial charge in [-0.2, -0.15) is 5.10 Å². The Hall–Kier alpha value is -1.55. The van der Waals surface area contributed by atoms with Gasteiger partial charge in [0, 0.05) is 11.1 Å². The fraction of sp³-hybridized carbons (Fsp3) is 0.632. The van der Waals surface area contributed by atoms with Crippen LogP contribution in [0.4, 0.5) is 0 Å². The molecule has 1 heterocycles. The summed E-state index contributed by atoms with van der Waals surface area (Å²) in [7, 11) is 0. The Bertz CT molecular complexity index is 539. The molecule has 128 valence electrons. The van der Waals surface area contributed by atoms with Gasteiger partial charge in [0.05, 0.1) is 32.5 Å². The quantitative estimate of drug-likeness (QED) is 0.847. The smallest absolute Gasteiger partial charge is 0.123 e. The number of phenolic OH excluding ortho intramolecular Hbond substituents is 1. The summed E-state index contributed by atoms with van der Waals surface area (Å²) < 4.78 is 5.35. The van der Waals surface area contributed by atoms with Gasteiger partial charge in [0.25, 0.3) is 0 Å². The zero-order chi connectivity index (χ0) is 17.3. The summed E-state index contributed by atoms with van der Waals surface area (Å²) >= 11 is 0. The number of rotatable bonds is 2. The van der Waals surface area contributed by atoms with E-state index in [0.29, 0.717) is 5.75 Å². The molecule has 1 N–H and O–H groups in total. The van der Waals surface area contributed by atoms with E-state index in [0.717, 1.165) is 43.0 Å². The van der Waals surface area contributed by atoms with Crippen molar-refractivity contribution in [1.82, 2.24) is 5.01 Å². The van der Waals surface area contributed by atoms with Gasteiger partial charge < -0.3 is 9.84 Å². The van der Waals surface area contributed by atoms with Gasteiger partial charge in [-0.05, 0) is 28.5 Å². The molecule has 4 nitrogen and oxygen atoms in total. The third-order valence-electron chi connectivity index (χ3n) is 4.11. The van der Waals surface area contributed by atoms with Crippen LogP contribution in [0.2, 0.25) is 0 Å². The van der Waals surface area contributed by atoms with E-state index >= 15 is 0 Å². The maximum Gasteiger partial charge on any atom is 0.123 e. The van der Waals surface area contributed by atoms with Crippen LogP contribution in [0, 0.1) is 0 Å². The summed E-state index contributed by atoms with van der Waals surface area (Å²) in [5, 5.41) is 17.3. The number of phenols is 1. The molecule has 4 heteroatoms. The van der Waals surface area contributed by atoms with E-state index in [1.165, 1.54) is 0 Å². The summed E-state index contributed by atoms with van der Waals surface area (Å²) in [4.78, 5) is 0. The molecule has 0 aliphatic carbocycles. The molecule has 23 heavy (non-hydrogen) atoms. The molecule has 1 aromatic carbocycles. The van der Waals surface area contributed by atoms with Crippen LogP contribution in [0.15, 0.2) is 17.2 Å². The van der Waals surface area contributed by atoms with Crippen LogP contribution >= 0.6 is 0 Å². The van der Waals surface area contributed by atoms with Crippen molar-refractivity contribution < 1.29 is 9.84 Å². The first-order valence-corrected chi connectivity index (χ1v) is 8.33. The Balaban J connectivity index is 2.41. The highest BCUT2D eigenvalue weighted by Gasteiger charge is 2.26. The number of hydrogen-bond donors (Lipinski definition) is 1. The Morgan fingerprint density at radius 2 is 1.48 bits per heavy atom. The lowest BCUT2D eigenvalue weighted by molar-refractivity contribution is 0.0397. The monoisotopic (exact) mass is 318 g/mol. The SMILES string of the molecule is CC(C)(C)c1cc(C=NN2CCOCC2)cc(C(C)(C)C)c1O. The minimum Gasteiger partial charge on any atom is -0.507 e. The van der Waals surface area contributed by atoms with Crippen LogP contribution in [-0.4, -0.2) is 42.6 Å². The average molecular weight is 318 g/mol. The largest absolute Gasteiger partial charge is 0.507 e. The lowest BCUT2D eigenvalue weighted by Crippen LogP contribution is -2.32. The van der Waals surface area contributed by atoms with Gasteiger partial charge >= 0.3 is 0 Å². The lowest BCUT2D eigenvalue weighted by Gasteiger charge is -2.28. The minimum atomic E-state index is -0.118. The van der Waals surface area contributed by atoms with Crippen LogP contribution in [0.25, 0.3) is 0 Å². The Morgan fingerprint density at radius 1 is 1.00 bits per heavy atom. The van der Waals surface area contributed by atoms with Crippen molar-refractivity contribution in [3.63, 3.8) is 0 Å². The van der Waals surface area contributed by atoms with Gasteiger partial charge in [-0.3, -0.25) is 5.01 Å². The first kappa shape index (κ1) is 17.8. The van der Waals surface area contributed by atoms with Gasteiger partial charge in [-0.25, -0.2) is 0 Å². The van der Waals surface area contributed by atoms with Gasteiger partial charge in [-0.15, -0.1) is 0 Å². The van der Waals surface area contributed by atoms with Gasteiger partial charge in [0.1, 0.15) is 5.75 Å². The topological polar surface area (TPSA) is 45.1 Å². The number of aromatic hydroxyl groups is 1. The Labute approximate surface area is 140 Å². The van der Waals surface area contributed by atoms with Gasteiger partial charge in [-0.1, -0.05) is 41.5 Å². The van der Waals surface area contributed by atoms with Crippen LogP contribution < -0.4 is 0 Å². The molecule has 0 aromatic heterocycles. The van der Waals surface area contributed by atoms with Crippen molar-refractivity contribution in [2.24, 2.45) is 5.10 Å². The van der Waals surface area contributed by atoms with Crippen molar-refractivity contribution in [1.29, 1.82) is 0 Å². The third-order valence-corrected chi connectivity index (χ3v) is 4.11. The first-order chi connectivity index (χ1) is 10.6. The molecule has 1 aliphatic heterocycles. The van der Waals surface area contributed by atoms with Crippen LogP contribution in [-0.2, 0) is 15.6 Å². The van der Waals surface area contributed by atoms with E-state index in [-0.39, 0.29) is 10.8 Å². The molecule has 1 aliphatic rings. The molecule has 0 bridgehead atoms. The zero-order valence-corrected chi connectivity index (χ0v) is 15.3. The molecule has 0 saturated carbocycles. The number of hydrazone groups is 1. The second kappa shape index (κ2) is 6.52. The standard InChI is InChI=1S/C19H30N2O2/c1-18(2,3)15-11-14(12-16(17(15)22)19(4,5)6)13-20-21-7-9-23-10-8-21/h11-13,22H,7-10H2,1-6H3. The number of ether oxygens (including phenoxy) is 1. The summed E-state index contributed by atoms with van der Waals surface area (Å²) in [5.74, 6) is 0.411. The highest BCUT2D eigenvalue weighted by Crippen LogP contribution is 2.39. The van der Waals surface area contributed by atoms with E-state index in [1.807, 2.05) is 11.2 Å². The maximum absolute atomic E-state index is 10.7. The molecular formula is C19H30N2O2. The van der Waals surface area contributed by atoms with E-state index in [1.54, 1.807) is 0 Å². The number of nitrogens with zero attached hydrogens (tertiary/aromatic N) is 2. The highest BCUT2D eigenvalue weighted by atomic mass is 16.5. The van der Waals surface area contributed by atoms with Crippen LogP contribution in [0.3, 0.4) is 0 Å². The van der Waals surface area contributed by atoms with Crippen molar-refractivity contribution >= 4 is 6.21 Å². The minimum absolute atomic E-state index is 0.118. The van der Waals surface area contributed by atoms with Gasteiger partial charge in [0.2, 0.25) is 0 Å². The Morgan fingerprint density at radius 3 is 1.91 bits per heavy atom. The second-order valence-corrected chi connectivity index (χ2v) is 8.28. The van der Waals surface area contributed by atoms with E-state index in [2.05, 4.69) is 58.8 Å². The van der Waals surface area contributed by atoms with Crippen LogP contribution in [0.1, 0.15) is 58.2 Å². The highest BCUT2D eigenvalue weighted by molar-refractivity contribution is 5.81. The molecule has 1 saturated heterocycles. The van der Waals surface area contributed by atoms with Gasteiger partial charge in [0.15, 0.2) is 0 Å². The van der Waals surface area contributed by atoms with Crippen molar-refractivity contribution in [3.05, 3.63) is 28.8 Å². The molecule has 1 fully saturated rings. The summed E-state index contributed by atoms with van der Waals surface area (Å²) in [6.45, 7) is 15.8. The second-order valence-electron chi connectivity index (χ2n) is 8.28. The fourth-order valence-corrected chi connectivity index (χ4v) is 2.69. The van der Waals surface area contributed by atoms with Crippen LogP contribution in [0.5, 0.6) is 5.75 Å². The predicted octanol–water partition coefficient (Wildman–Crippen LogP) is 3.65. The van der Waals surface area contributed by atoms with Crippen molar-refractivity contribution in [3.8, 4) is 5.75 Å².